The Bertz CT molecular complexity index is 1020. The summed E-state index contributed by atoms with van der Waals surface area (Å²) in [5, 5.41) is 11.3. The van der Waals surface area contributed by atoms with E-state index in [-0.39, 0.29) is 30.1 Å². The summed E-state index contributed by atoms with van der Waals surface area (Å²) in [6.45, 7) is 2.02. The van der Waals surface area contributed by atoms with Gasteiger partial charge < -0.3 is 10.6 Å². The van der Waals surface area contributed by atoms with Gasteiger partial charge in [-0.2, -0.15) is 14.8 Å². The van der Waals surface area contributed by atoms with Crippen LogP contribution in [0.3, 0.4) is 0 Å². The molecule has 10 heteroatoms. The summed E-state index contributed by atoms with van der Waals surface area (Å²) in [5.41, 5.74) is 1.41. The van der Waals surface area contributed by atoms with Gasteiger partial charge in [-0.15, -0.1) is 11.3 Å². The molecule has 2 aromatic heterocycles. The van der Waals surface area contributed by atoms with Crippen molar-refractivity contribution in [3.05, 3.63) is 34.2 Å². The summed E-state index contributed by atoms with van der Waals surface area (Å²) in [7, 11) is 0. The fraction of sp³-hybridized carbons (Fsp3) is 0.368. The molecular formula is C19H20N6O3S. The van der Waals surface area contributed by atoms with E-state index in [1.165, 1.54) is 16.0 Å². The fourth-order valence-corrected chi connectivity index (χ4v) is 4.04. The highest BCUT2D eigenvalue weighted by molar-refractivity contribution is 7.09. The molecule has 1 unspecified atom stereocenters. The van der Waals surface area contributed by atoms with Crippen LogP contribution in [0, 0.1) is 12.8 Å². The molecule has 29 heavy (non-hydrogen) atoms. The summed E-state index contributed by atoms with van der Waals surface area (Å²) in [4.78, 5) is 46.4. The van der Waals surface area contributed by atoms with Crippen molar-refractivity contribution < 1.29 is 14.4 Å². The highest BCUT2D eigenvalue weighted by atomic mass is 32.1. The monoisotopic (exact) mass is 412 g/mol. The highest BCUT2D eigenvalue weighted by Gasteiger charge is 2.32. The lowest BCUT2D eigenvalue weighted by molar-refractivity contribution is -0.136. The van der Waals surface area contributed by atoms with Gasteiger partial charge in [0.05, 0.1) is 18.2 Å². The second kappa shape index (κ2) is 8.08. The topological polar surface area (TPSA) is 118 Å². The Kier molecular flexibility index (Phi) is 5.34. The lowest BCUT2D eigenvalue weighted by Gasteiger charge is -2.24. The predicted octanol–water partition coefficient (Wildman–Crippen LogP) is 1.88. The van der Waals surface area contributed by atoms with E-state index in [1.54, 1.807) is 13.0 Å². The molecule has 0 radical (unpaired) electrons. The van der Waals surface area contributed by atoms with Gasteiger partial charge in [0.1, 0.15) is 5.82 Å². The zero-order valence-corrected chi connectivity index (χ0v) is 16.7. The molecule has 1 fully saturated rings. The van der Waals surface area contributed by atoms with Crippen LogP contribution in [0.15, 0.2) is 33.6 Å². The minimum Gasteiger partial charge on any atom is -0.343 e. The molecule has 0 saturated heterocycles. The SMILES string of the molecule is Cc1cc(NC(=O)C(=O)NCc2cccs2)n(C2=NC(=O)C3CCCCC3=N2)n1. The van der Waals surface area contributed by atoms with E-state index in [2.05, 4.69) is 25.7 Å². The summed E-state index contributed by atoms with van der Waals surface area (Å²) >= 11 is 1.49. The van der Waals surface area contributed by atoms with Crippen LogP contribution in [0.25, 0.3) is 0 Å². The number of thiophene rings is 1. The zero-order chi connectivity index (χ0) is 20.4. The second-order valence-corrected chi connectivity index (χ2v) is 7.98. The van der Waals surface area contributed by atoms with Crippen LogP contribution in [0.4, 0.5) is 5.82 Å². The van der Waals surface area contributed by atoms with E-state index in [0.29, 0.717) is 5.69 Å². The lowest BCUT2D eigenvalue weighted by atomic mass is 9.86. The summed E-state index contributed by atoms with van der Waals surface area (Å²) in [6.07, 6.45) is 3.49. The van der Waals surface area contributed by atoms with Gasteiger partial charge in [0.2, 0.25) is 0 Å². The molecule has 3 heterocycles. The molecule has 1 saturated carbocycles. The number of rotatable bonds is 3. The van der Waals surface area contributed by atoms with Crippen molar-refractivity contribution in [1.29, 1.82) is 0 Å². The van der Waals surface area contributed by atoms with Gasteiger partial charge in [-0.25, -0.2) is 4.99 Å². The maximum absolute atomic E-state index is 12.4. The van der Waals surface area contributed by atoms with Gasteiger partial charge in [0, 0.05) is 16.7 Å². The summed E-state index contributed by atoms with van der Waals surface area (Å²) in [6, 6.07) is 5.35. The first-order valence-electron chi connectivity index (χ1n) is 9.40. The number of amides is 3. The number of aromatic nitrogens is 2. The molecule has 2 aliphatic rings. The van der Waals surface area contributed by atoms with Crippen molar-refractivity contribution in [1.82, 2.24) is 15.1 Å². The molecule has 2 N–H and O–H groups in total. The number of hydrogen-bond acceptors (Lipinski definition) is 6. The molecular weight excluding hydrogens is 392 g/mol. The van der Waals surface area contributed by atoms with E-state index in [1.807, 2.05) is 17.5 Å². The average molecular weight is 412 g/mol. The minimum atomic E-state index is -0.825. The zero-order valence-electron chi connectivity index (χ0n) is 15.8. The van der Waals surface area contributed by atoms with Crippen LogP contribution in [0.2, 0.25) is 0 Å². The Morgan fingerprint density at radius 1 is 1.28 bits per heavy atom. The van der Waals surface area contributed by atoms with Crippen LogP contribution in [0.5, 0.6) is 0 Å². The summed E-state index contributed by atoms with van der Waals surface area (Å²) < 4.78 is 1.30. The third kappa shape index (κ3) is 4.16. The van der Waals surface area contributed by atoms with Crippen molar-refractivity contribution in [2.75, 3.05) is 5.32 Å². The maximum atomic E-state index is 12.4. The lowest BCUT2D eigenvalue weighted by Crippen LogP contribution is -2.36. The number of aryl methyl sites for hydroxylation is 1. The van der Waals surface area contributed by atoms with E-state index >= 15 is 0 Å². The van der Waals surface area contributed by atoms with E-state index in [0.717, 1.165) is 36.3 Å². The number of anilines is 1. The molecule has 2 aromatic rings. The Balaban J connectivity index is 1.50. The van der Waals surface area contributed by atoms with E-state index in [9.17, 15) is 14.4 Å². The molecule has 0 aromatic carbocycles. The van der Waals surface area contributed by atoms with Gasteiger partial charge in [-0.05, 0) is 37.6 Å². The van der Waals surface area contributed by atoms with Crippen molar-refractivity contribution in [2.24, 2.45) is 15.9 Å². The van der Waals surface area contributed by atoms with Gasteiger partial charge in [-0.1, -0.05) is 12.5 Å². The second-order valence-electron chi connectivity index (χ2n) is 6.95. The Morgan fingerprint density at radius 3 is 2.93 bits per heavy atom. The van der Waals surface area contributed by atoms with Gasteiger partial charge in [-0.3, -0.25) is 14.4 Å². The molecule has 4 rings (SSSR count). The normalized spacial score (nSPS) is 18.5. The summed E-state index contributed by atoms with van der Waals surface area (Å²) in [5.74, 6) is -1.71. The quantitative estimate of drug-likeness (QED) is 0.748. The first-order chi connectivity index (χ1) is 14.0. The molecule has 1 aliphatic carbocycles. The average Bonchev–Trinajstić information content (AvgIpc) is 3.35. The first kappa shape index (κ1) is 19.2. The van der Waals surface area contributed by atoms with Gasteiger partial charge in [0.25, 0.3) is 11.9 Å². The minimum absolute atomic E-state index is 0.116. The van der Waals surface area contributed by atoms with Crippen LogP contribution in [0.1, 0.15) is 36.3 Å². The third-order valence-corrected chi connectivity index (χ3v) is 5.68. The Morgan fingerprint density at radius 2 is 2.14 bits per heavy atom. The van der Waals surface area contributed by atoms with Crippen LogP contribution >= 0.6 is 11.3 Å². The van der Waals surface area contributed by atoms with E-state index < -0.39 is 11.8 Å². The smallest absolute Gasteiger partial charge is 0.314 e. The predicted molar refractivity (Wildman–Crippen MR) is 109 cm³/mol. The van der Waals surface area contributed by atoms with Crippen molar-refractivity contribution >= 4 is 46.5 Å². The van der Waals surface area contributed by atoms with Crippen molar-refractivity contribution in [3.8, 4) is 0 Å². The van der Waals surface area contributed by atoms with Crippen LogP contribution in [-0.2, 0) is 20.9 Å². The van der Waals surface area contributed by atoms with Gasteiger partial charge >= 0.3 is 11.8 Å². The first-order valence-corrected chi connectivity index (χ1v) is 10.3. The van der Waals surface area contributed by atoms with E-state index in [4.69, 9.17) is 0 Å². The third-order valence-electron chi connectivity index (χ3n) is 4.80. The number of hydrogen-bond donors (Lipinski definition) is 2. The van der Waals surface area contributed by atoms with Crippen LogP contribution in [-0.4, -0.2) is 39.2 Å². The number of carbonyl (C=O) groups is 3. The van der Waals surface area contributed by atoms with Crippen molar-refractivity contribution in [2.45, 2.75) is 39.2 Å². The molecule has 3 amide bonds. The molecule has 0 bridgehead atoms. The van der Waals surface area contributed by atoms with Crippen molar-refractivity contribution in [3.63, 3.8) is 0 Å². The molecule has 0 spiro atoms. The number of nitrogens with one attached hydrogen (secondary N) is 2. The van der Waals surface area contributed by atoms with Crippen LogP contribution < -0.4 is 10.6 Å². The molecule has 9 nitrogen and oxygen atoms in total. The van der Waals surface area contributed by atoms with Gasteiger partial charge in [0.15, 0.2) is 0 Å². The molecule has 150 valence electrons. The molecule has 1 atom stereocenters. The number of fused-ring (bicyclic) bond motifs is 1. The number of carbonyl (C=O) groups excluding carboxylic acids is 3. The number of aliphatic imine (C=N–C) groups is 2. The Hall–Kier alpha value is -3.14. The fourth-order valence-electron chi connectivity index (χ4n) is 3.39. The number of nitrogens with zero attached hydrogens (tertiary/aromatic N) is 4. The molecule has 1 aliphatic heterocycles. The maximum Gasteiger partial charge on any atom is 0.314 e. The standard InChI is InChI=1S/C19H20N6O3S/c1-11-9-15(22-18(28)17(27)20-10-12-5-4-8-29-12)25(24-11)19-21-14-7-3-2-6-13(14)16(26)23-19/h4-5,8-9,13H,2-3,6-7,10H2,1H3,(H,20,27)(H,22,28). The Labute approximate surface area is 170 Å². The highest BCUT2D eigenvalue weighted by Crippen LogP contribution is 2.26. The largest absolute Gasteiger partial charge is 0.343 e.